The number of ether oxygens (including phenoxy) is 1. The molecule has 2 aromatic carbocycles. The van der Waals surface area contributed by atoms with Crippen LogP contribution in [0, 0.1) is 5.92 Å². The molecule has 52 heavy (non-hydrogen) atoms. The van der Waals surface area contributed by atoms with Gasteiger partial charge < -0.3 is 24.5 Å². The Bertz CT molecular complexity index is 2220. The van der Waals surface area contributed by atoms with E-state index < -0.39 is 18.0 Å². The van der Waals surface area contributed by atoms with Gasteiger partial charge in [0.25, 0.3) is 5.56 Å². The maximum atomic E-state index is 14.0. The maximum absolute atomic E-state index is 14.0. The molecule has 5 heterocycles. The maximum Gasteiger partial charge on any atom is 0.411 e. The number of likely N-dealkylation sites (tertiary alicyclic amines) is 1. The highest BCUT2D eigenvalue weighted by molar-refractivity contribution is 6.32. The summed E-state index contributed by atoms with van der Waals surface area (Å²) >= 11 is 12.9. The molecule has 0 unspecified atom stereocenters. The van der Waals surface area contributed by atoms with Gasteiger partial charge in [0.2, 0.25) is 11.8 Å². The molecule has 2 aliphatic rings. The Morgan fingerprint density at radius 2 is 1.90 bits per heavy atom. The van der Waals surface area contributed by atoms with E-state index in [-0.39, 0.29) is 40.7 Å². The Kier molecular flexibility index (Phi) is 9.87. The fourth-order valence-corrected chi connectivity index (χ4v) is 7.18. The second kappa shape index (κ2) is 14.8. The number of carbonyl (C=O) groups excluding carboxylic acids is 3. The van der Waals surface area contributed by atoms with Gasteiger partial charge in [-0.3, -0.25) is 19.7 Å². The van der Waals surface area contributed by atoms with Crippen molar-refractivity contribution >= 4 is 52.9 Å². The Morgan fingerprint density at radius 1 is 1.08 bits per heavy atom. The molecule has 3 N–H and O–H groups in total. The molecule has 3 amide bonds. The van der Waals surface area contributed by atoms with Gasteiger partial charge in [-0.1, -0.05) is 41.4 Å². The Hall–Kier alpha value is -5.80. The van der Waals surface area contributed by atoms with Crippen LogP contribution in [0.2, 0.25) is 10.2 Å². The van der Waals surface area contributed by atoms with E-state index in [1.54, 1.807) is 65.6 Å². The number of piperidine rings is 1. The molecule has 0 saturated carbocycles. The van der Waals surface area contributed by atoms with Gasteiger partial charge in [-0.15, -0.1) is 5.10 Å². The van der Waals surface area contributed by atoms with Crippen LogP contribution in [0.15, 0.2) is 77.9 Å². The molecule has 5 aromatic rings. The van der Waals surface area contributed by atoms with Crippen molar-refractivity contribution in [3.05, 3.63) is 111 Å². The average molecular weight is 744 g/mol. The number of rotatable bonds is 9. The number of hydrogen-bond acceptors (Lipinski definition) is 9. The van der Waals surface area contributed by atoms with E-state index in [1.807, 2.05) is 10.6 Å². The number of aromatic amines is 1. The molecule has 0 aliphatic carbocycles. The standard InChI is InChI=1S/C35H32Cl2N10O5/c1-52-35(51)39-25-9-5-21(6-10-25)32-33(37)42-34(41-32)26(40-29(48)12-7-22-14-24(36)8-11-28(22)47-19-38-43-44-47)15-31(50)45-16-20-13-23(18-45)27-3-2-4-30(49)46(27)17-20/h2-12,14,19-20,23,26H,13,15-18H2,1H3,(H,39,51)(H,40,48)(H,41,42)/b12-7+/t20-,23+,26+/m1/s1. The fourth-order valence-electron chi connectivity index (χ4n) is 6.75. The van der Waals surface area contributed by atoms with Crippen molar-refractivity contribution in [1.82, 2.24) is 45.0 Å². The van der Waals surface area contributed by atoms with Crippen molar-refractivity contribution in [2.45, 2.75) is 31.3 Å². The minimum atomic E-state index is -0.897. The largest absolute Gasteiger partial charge is 0.453 e. The van der Waals surface area contributed by atoms with Crippen LogP contribution < -0.4 is 16.2 Å². The number of hydrogen-bond donors (Lipinski definition) is 3. The van der Waals surface area contributed by atoms with Gasteiger partial charge in [-0.05, 0) is 65.2 Å². The summed E-state index contributed by atoms with van der Waals surface area (Å²) < 4.78 is 7.91. The van der Waals surface area contributed by atoms with Crippen molar-refractivity contribution in [3.8, 4) is 16.9 Å². The van der Waals surface area contributed by atoms with Gasteiger partial charge in [0, 0.05) is 65.2 Å². The van der Waals surface area contributed by atoms with Crippen molar-refractivity contribution < 1.29 is 19.1 Å². The Morgan fingerprint density at radius 3 is 2.67 bits per heavy atom. The molecule has 3 aromatic heterocycles. The second-order valence-corrected chi connectivity index (χ2v) is 13.3. The lowest BCUT2D eigenvalue weighted by molar-refractivity contribution is -0.134. The fraction of sp³-hybridized carbons (Fsp3) is 0.257. The quantitative estimate of drug-likeness (QED) is 0.182. The van der Waals surface area contributed by atoms with Crippen LogP contribution in [-0.4, -0.2) is 77.7 Å². The Balaban J connectivity index is 1.15. The van der Waals surface area contributed by atoms with Crippen LogP contribution in [-0.2, 0) is 20.9 Å². The minimum absolute atomic E-state index is 0.0229. The number of carbonyl (C=O) groups is 3. The zero-order chi connectivity index (χ0) is 36.4. The molecule has 7 rings (SSSR count). The number of halogens is 2. The zero-order valence-electron chi connectivity index (χ0n) is 27.7. The first kappa shape index (κ1) is 34.6. The number of H-pyrrole nitrogens is 1. The number of methoxy groups -OCH3 is 1. The van der Waals surface area contributed by atoms with Gasteiger partial charge in [0.05, 0.1) is 25.3 Å². The van der Waals surface area contributed by atoms with E-state index in [1.165, 1.54) is 24.2 Å². The van der Waals surface area contributed by atoms with Crippen LogP contribution in [0.3, 0.4) is 0 Å². The van der Waals surface area contributed by atoms with Gasteiger partial charge in [-0.2, -0.15) is 4.68 Å². The summed E-state index contributed by atoms with van der Waals surface area (Å²) in [6, 6.07) is 16.2. The molecule has 2 bridgehead atoms. The van der Waals surface area contributed by atoms with E-state index in [0.717, 1.165) is 12.1 Å². The van der Waals surface area contributed by atoms with E-state index in [9.17, 15) is 19.2 Å². The van der Waals surface area contributed by atoms with Gasteiger partial charge in [0.15, 0.2) is 0 Å². The molecular formula is C35H32Cl2N10O5. The first-order valence-corrected chi connectivity index (χ1v) is 17.1. The third-order valence-corrected chi connectivity index (χ3v) is 9.63. The predicted molar refractivity (Wildman–Crippen MR) is 192 cm³/mol. The summed E-state index contributed by atoms with van der Waals surface area (Å²) in [6.07, 6.45) is 4.50. The SMILES string of the molecule is COC(=O)Nc1ccc(-c2nc([C@H](CC(=O)N3C[C@H]4C[C@@H](C3)c3cccc(=O)n3C4)NC(=O)/C=C/c3cc(Cl)ccc3-n3cnnn3)[nH]c2Cl)cc1. The van der Waals surface area contributed by atoms with Crippen LogP contribution in [0.5, 0.6) is 0 Å². The second-order valence-electron chi connectivity index (χ2n) is 12.5. The number of tetrazole rings is 1. The van der Waals surface area contributed by atoms with Crippen molar-refractivity contribution in [2.24, 2.45) is 5.92 Å². The summed E-state index contributed by atoms with van der Waals surface area (Å²) in [5, 5.41) is 17.5. The molecule has 0 spiro atoms. The lowest BCUT2D eigenvalue weighted by atomic mass is 9.83. The first-order chi connectivity index (χ1) is 25.1. The normalized spacial score (nSPS) is 17.0. The first-order valence-electron chi connectivity index (χ1n) is 16.3. The van der Waals surface area contributed by atoms with Crippen LogP contribution in [0.1, 0.15) is 41.9 Å². The van der Waals surface area contributed by atoms with E-state index in [4.69, 9.17) is 28.2 Å². The minimum Gasteiger partial charge on any atom is -0.453 e. The molecule has 17 heteroatoms. The van der Waals surface area contributed by atoms with Crippen molar-refractivity contribution in [1.29, 1.82) is 0 Å². The molecule has 266 valence electrons. The van der Waals surface area contributed by atoms with Gasteiger partial charge in [-0.25, -0.2) is 9.78 Å². The predicted octanol–water partition coefficient (Wildman–Crippen LogP) is 4.61. The molecule has 3 atom stereocenters. The van der Waals surface area contributed by atoms with E-state index in [0.29, 0.717) is 52.9 Å². The molecule has 1 saturated heterocycles. The van der Waals surface area contributed by atoms with Crippen molar-refractivity contribution in [3.63, 3.8) is 0 Å². The Labute approximate surface area is 306 Å². The highest BCUT2D eigenvalue weighted by atomic mass is 35.5. The van der Waals surface area contributed by atoms with E-state index in [2.05, 4.69) is 35.9 Å². The third-order valence-electron chi connectivity index (χ3n) is 9.13. The van der Waals surface area contributed by atoms with Gasteiger partial charge >= 0.3 is 6.09 Å². The highest BCUT2D eigenvalue weighted by Crippen LogP contribution is 2.36. The smallest absolute Gasteiger partial charge is 0.411 e. The summed E-state index contributed by atoms with van der Waals surface area (Å²) in [5.41, 5.74) is 3.59. The summed E-state index contributed by atoms with van der Waals surface area (Å²) in [4.78, 5) is 61.3. The molecular weight excluding hydrogens is 711 g/mol. The zero-order valence-corrected chi connectivity index (χ0v) is 29.2. The number of imidazole rings is 1. The summed E-state index contributed by atoms with van der Waals surface area (Å²) in [5.74, 6) is -0.261. The third kappa shape index (κ3) is 7.45. The highest BCUT2D eigenvalue weighted by Gasteiger charge is 2.37. The number of amides is 3. The molecule has 1 fully saturated rings. The van der Waals surface area contributed by atoms with Crippen LogP contribution >= 0.6 is 23.2 Å². The van der Waals surface area contributed by atoms with Gasteiger partial charge in [0.1, 0.15) is 23.0 Å². The van der Waals surface area contributed by atoms with E-state index >= 15 is 0 Å². The topological polar surface area (TPSA) is 182 Å². The molecule has 15 nitrogen and oxygen atoms in total. The molecule has 0 radical (unpaired) electrons. The number of pyridine rings is 1. The van der Waals surface area contributed by atoms with Crippen LogP contribution in [0.25, 0.3) is 23.0 Å². The lowest BCUT2D eigenvalue weighted by Crippen LogP contribution is -2.49. The lowest BCUT2D eigenvalue weighted by Gasteiger charge is -2.43. The average Bonchev–Trinajstić information content (AvgIpc) is 3.81. The number of aromatic nitrogens is 7. The number of anilines is 1. The van der Waals surface area contributed by atoms with Crippen molar-refractivity contribution in [2.75, 3.05) is 25.5 Å². The molecule has 2 aliphatic heterocycles. The number of fused-ring (bicyclic) bond motifs is 4. The number of benzene rings is 2. The number of nitrogens with zero attached hydrogens (tertiary/aromatic N) is 7. The number of nitrogens with one attached hydrogen (secondary N) is 3. The summed E-state index contributed by atoms with van der Waals surface area (Å²) in [7, 11) is 1.27. The van der Waals surface area contributed by atoms with Crippen LogP contribution in [0.4, 0.5) is 10.5 Å². The summed E-state index contributed by atoms with van der Waals surface area (Å²) in [6.45, 7) is 1.48. The monoisotopic (exact) mass is 742 g/mol.